The van der Waals surface area contributed by atoms with Gasteiger partial charge in [-0.3, -0.25) is 0 Å². The molecule has 0 saturated heterocycles. The van der Waals surface area contributed by atoms with E-state index in [4.69, 9.17) is 4.98 Å². The van der Waals surface area contributed by atoms with Gasteiger partial charge in [-0.25, -0.2) is 4.98 Å². The van der Waals surface area contributed by atoms with E-state index < -0.39 is 0 Å². The van der Waals surface area contributed by atoms with Crippen molar-refractivity contribution in [1.82, 2.24) is 4.98 Å². The summed E-state index contributed by atoms with van der Waals surface area (Å²) in [6, 6.07) is 4.09. The van der Waals surface area contributed by atoms with Gasteiger partial charge < -0.3 is 10.0 Å². The molecule has 1 heterocycles. The van der Waals surface area contributed by atoms with Gasteiger partial charge in [-0.2, -0.15) is 0 Å². The average Bonchev–Trinajstić information content (AvgIpc) is 3.09. The molecule has 2 aliphatic carbocycles. The molecule has 0 aliphatic heterocycles. The molecular formula is C18H28N2O. The molecule has 2 fully saturated rings. The predicted molar refractivity (Wildman–Crippen MR) is 86.4 cm³/mol. The van der Waals surface area contributed by atoms with Crippen LogP contribution in [0, 0.1) is 17.8 Å². The fourth-order valence-electron chi connectivity index (χ4n) is 4.35. The molecule has 3 atom stereocenters. The number of nitrogens with zero attached hydrogens (tertiary/aromatic N) is 2. The van der Waals surface area contributed by atoms with Gasteiger partial charge in [0.2, 0.25) is 0 Å². The van der Waals surface area contributed by atoms with Gasteiger partial charge in [0.05, 0.1) is 6.61 Å². The number of hydrogen-bond acceptors (Lipinski definition) is 3. The molecule has 3 rings (SSSR count). The average molecular weight is 288 g/mol. The van der Waals surface area contributed by atoms with Crippen molar-refractivity contribution in [2.24, 2.45) is 17.8 Å². The first kappa shape index (κ1) is 14.8. The lowest BCUT2D eigenvalue weighted by Crippen LogP contribution is -2.29. The van der Waals surface area contributed by atoms with Crippen LogP contribution in [0.5, 0.6) is 0 Å². The molecule has 1 N–H and O–H groups in total. The summed E-state index contributed by atoms with van der Waals surface area (Å²) in [7, 11) is 2.16. The Morgan fingerprint density at radius 3 is 2.76 bits per heavy atom. The van der Waals surface area contributed by atoms with Gasteiger partial charge in [-0.05, 0) is 61.1 Å². The van der Waals surface area contributed by atoms with Crippen LogP contribution >= 0.6 is 0 Å². The molecule has 2 bridgehead atoms. The number of fused-ring (bicyclic) bond motifs is 2. The molecule has 0 radical (unpaired) electrons. The monoisotopic (exact) mass is 288 g/mol. The maximum atomic E-state index is 9.46. The van der Waals surface area contributed by atoms with Gasteiger partial charge in [0.1, 0.15) is 5.82 Å². The van der Waals surface area contributed by atoms with Crippen molar-refractivity contribution in [3.05, 3.63) is 23.4 Å². The lowest BCUT2D eigenvalue weighted by molar-refractivity contribution is 0.281. The third-order valence-electron chi connectivity index (χ3n) is 5.40. The SMILES string of the molecule is CCCc1cc(CO)cc(N(C)CC2CC3CCC2C3)n1. The number of pyridine rings is 1. The highest BCUT2D eigenvalue weighted by Gasteiger charge is 2.39. The zero-order valence-corrected chi connectivity index (χ0v) is 13.4. The summed E-state index contributed by atoms with van der Waals surface area (Å²) < 4.78 is 0. The fourth-order valence-corrected chi connectivity index (χ4v) is 4.35. The zero-order chi connectivity index (χ0) is 14.8. The largest absolute Gasteiger partial charge is 0.392 e. The first-order valence-electron chi connectivity index (χ1n) is 8.51. The van der Waals surface area contributed by atoms with Crippen LogP contribution in [0.2, 0.25) is 0 Å². The molecule has 0 spiro atoms. The maximum Gasteiger partial charge on any atom is 0.128 e. The van der Waals surface area contributed by atoms with Gasteiger partial charge in [0.15, 0.2) is 0 Å². The molecule has 2 aliphatic rings. The van der Waals surface area contributed by atoms with E-state index in [1.165, 1.54) is 25.7 Å². The molecule has 1 aromatic heterocycles. The van der Waals surface area contributed by atoms with Crippen molar-refractivity contribution >= 4 is 5.82 Å². The van der Waals surface area contributed by atoms with E-state index in [9.17, 15) is 5.11 Å². The molecule has 3 nitrogen and oxygen atoms in total. The molecule has 3 heteroatoms. The fraction of sp³-hybridized carbons (Fsp3) is 0.722. The first-order chi connectivity index (χ1) is 10.2. The number of aryl methyl sites for hydroxylation is 1. The van der Waals surface area contributed by atoms with E-state index in [0.29, 0.717) is 0 Å². The molecule has 2 saturated carbocycles. The van der Waals surface area contributed by atoms with Crippen LogP contribution in [0.1, 0.15) is 50.3 Å². The Hall–Kier alpha value is -1.09. The maximum absolute atomic E-state index is 9.46. The molecule has 21 heavy (non-hydrogen) atoms. The van der Waals surface area contributed by atoms with Crippen LogP contribution in [-0.4, -0.2) is 23.7 Å². The molecule has 0 amide bonds. The van der Waals surface area contributed by atoms with Gasteiger partial charge in [0, 0.05) is 19.3 Å². The van der Waals surface area contributed by atoms with Crippen molar-refractivity contribution in [3.8, 4) is 0 Å². The Bertz CT molecular complexity index is 488. The number of aromatic nitrogens is 1. The Morgan fingerprint density at radius 2 is 2.14 bits per heavy atom. The van der Waals surface area contributed by atoms with Crippen LogP contribution in [0.25, 0.3) is 0 Å². The Balaban J connectivity index is 1.71. The third kappa shape index (κ3) is 3.23. The second kappa shape index (κ2) is 6.35. The molecule has 116 valence electrons. The normalized spacial score (nSPS) is 27.3. The Morgan fingerprint density at radius 1 is 1.29 bits per heavy atom. The van der Waals surface area contributed by atoms with E-state index in [1.807, 2.05) is 12.1 Å². The molecular weight excluding hydrogens is 260 g/mol. The quantitative estimate of drug-likeness (QED) is 0.871. The van der Waals surface area contributed by atoms with E-state index >= 15 is 0 Å². The molecule has 0 aromatic carbocycles. The predicted octanol–water partition coefficient (Wildman–Crippen LogP) is 3.40. The summed E-state index contributed by atoms with van der Waals surface area (Å²) in [4.78, 5) is 7.10. The second-order valence-corrected chi connectivity index (χ2v) is 7.05. The molecule has 3 unspecified atom stereocenters. The summed E-state index contributed by atoms with van der Waals surface area (Å²) in [5.74, 6) is 3.84. The molecule has 1 aromatic rings. The van der Waals surface area contributed by atoms with Crippen molar-refractivity contribution in [1.29, 1.82) is 0 Å². The minimum atomic E-state index is 0.105. The highest BCUT2D eigenvalue weighted by molar-refractivity contribution is 5.42. The van der Waals surface area contributed by atoms with Crippen molar-refractivity contribution < 1.29 is 5.11 Å². The standard InChI is InChI=1S/C18H28N2O/c1-3-4-17-9-14(12-21)10-18(19-17)20(2)11-16-8-13-5-6-15(16)7-13/h9-10,13,15-16,21H,3-8,11-12H2,1-2H3. The highest BCUT2D eigenvalue weighted by Crippen LogP contribution is 2.48. The zero-order valence-electron chi connectivity index (χ0n) is 13.4. The van der Waals surface area contributed by atoms with Crippen molar-refractivity contribution in [2.45, 2.75) is 52.1 Å². The van der Waals surface area contributed by atoms with E-state index in [0.717, 1.165) is 54.2 Å². The van der Waals surface area contributed by atoms with E-state index in [-0.39, 0.29) is 6.61 Å². The lowest BCUT2D eigenvalue weighted by atomic mass is 9.88. The number of anilines is 1. The highest BCUT2D eigenvalue weighted by atomic mass is 16.3. The van der Waals surface area contributed by atoms with Crippen LogP contribution in [-0.2, 0) is 13.0 Å². The second-order valence-electron chi connectivity index (χ2n) is 7.05. The van der Waals surface area contributed by atoms with Crippen molar-refractivity contribution in [2.75, 3.05) is 18.5 Å². The Labute approximate surface area is 128 Å². The van der Waals surface area contributed by atoms with E-state index in [2.05, 4.69) is 18.9 Å². The van der Waals surface area contributed by atoms with Gasteiger partial charge >= 0.3 is 0 Å². The van der Waals surface area contributed by atoms with Gasteiger partial charge in [-0.1, -0.05) is 19.8 Å². The summed E-state index contributed by atoms with van der Waals surface area (Å²) in [6.45, 7) is 3.40. The van der Waals surface area contributed by atoms with Gasteiger partial charge in [0.25, 0.3) is 0 Å². The van der Waals surface area contributed by atoms with Crippen LogP contribution in [0.15, 0.2) is 12.1 Å². The number of aliphatic hydroxyl groups excluding tert-OH is 1. The topological polar surface area (TPSA) is 36.4 Å². The van der Waals surface area contributed by atoms with Gasteiger partial charge in [-0.15, -0.1) is 0 Å². The minimum absolute atomic E-state index is 0.105. The van der Waals surface area contributed by atoms with Crippen molar-refractivity contribution in [3.63, 3.8) is 0 Å². The summed E-state index contributed by atoms with van der Waals surface area (Å²) in [5.41, 5.74) is 2.10. The summed E-state index contributed by atoms with van der Waals surface area (Å²) >= 11 is 0. The number of aliphatic hydroxyl groups is 1. The van der Waals surface area contributed by atoms with Crippen LogP contribution in [0.4, 0.5) is 5.82 Å². The number of rotatable bonds is 6. The van der Waals surface area contributed by atoms with Crippen LogP contribution < -0.4 is 4.90 Å². The summed E-state index contributed by atoms with van der Waals surface area (Å²) in [5, 5.41) is 9.46. The van der Waals surface area contributed by atoms with E-state index in [1.54, 1.807) is 0 Å². The third-order valence-corrected chi connectivity index (χ3v) is 5.40. The van der Waals surface area contributed by atoms with Crippen LogP contribution in [0.3, 0.4) is 0 Å². The lowest BCUT2D eigenvalue weighted by Gasteiger charge is -2.28. The Kier molecular flexibility index (Phi) is 4.48. The summed E-state index contributed by atoms with van der Waals surface area (Å²) in [6.07, 6.45) is 7.86. The smallest absolute Gasteiger partial charge is 0.128 e. The first-order valence-corrected chi connectivity index (χ1v) is 8.51. The number of hydrogen-bond donors (Lipinski definition) is 1. The minimum Gasteiger partial charge on any atom is -0.392 e.